The first-order valence-corrected chi connectivity index (χ1v) is 7.03. The molecular weight excluding hydrogens is 308 g/mol. The van der Waals surface area contributed by atoms with E-state index in [4.69, 9.17) is 15.0 Å². The number of carboxylic acids is 1. The lowest BCUT2D eigenvalue weighted by atomic mass is 10.1. The van der Waals surface area contributed by atoms with E-state index < -0.39 is 35.9 Å². The number of carbonyl (C=O) groups excluding carboxylic acids is 2. The standard InChI is InChI=1S/C13H22N4O6/c1-5-6-7-13(10(19)20,22-9(18)8-15-17-14)16-11(21)23-12(2,3)4/h5-8H2,1-4H3,(H,16,21)(H,19,20)/t13-/m0/s1. The van der Waals surface area contributed by atoms with Crippen LogP contribution >= 0.6 is 0 Å². The Kier molecular flexibility index (Phi) is 7.89. The third-order valence-corrected chi connectivity index (χ3v) is 2.48. The minimum Gasteiger partial charge on any atom is -0.477 e. The van der Waals surface area contributed by atoms with E-state index in [1.807, 2.05) is 6.92 Å². The molecule has 0 radical (unpaired) electrons. The summed E-state index contributed by atoms with van der Waals surface area (Å²) in [6, 6.07) is 0. The molecule has 10 nitrogen and oxygen atoms in total. The van der Waals surface area contributed by atoms with E-state index in [9.17, 15) is 19.5 Å². The van der Waals surface area contributed by atoms with Gasteiger partial charge in [-0.25, -0.2) is 9.59 Å². The van der Waals surface area contributed by atoms with Gasteiger partial charge in [-0.3, -0.25) is 10.1 Å². The van der Waals surface area contributed by atoms with Gasteiger partial charge in [-0.05, 0) is 32.7 Å². The molecule has 0 rings (SSSR count). The van der Waals surface area contributed by atoms with Gasteiger partial charge < -0.3 is 14.6 Å². The zero-order valence-corrected chi connectivity index (χ0v) is 13.7. The highest BCUT2D eigenvalue weighted by Gasteiger charge is 2.44. The fraction of sp³-hybridized carbons (Fsp3) is 0.769. The SMILES string of the molecule is CCCC[C@](NC(=O)OC(C)(C)C)(OC(=O)CN=[N+]=[N-])C(=O)O. The number of alkyl carbamates (subject to hydrolysis) is 1. The van der Waals surface area contributed by atoms with Gasteiger partial charge in [0.25, 0.3) is 5.72 Å². The number of carboxylic acid groups (broad SMARTS) is 1. The van der Waals surface area contributed by atoms with Crippen molar-refractivity contribution >= 4 is 18.0 Å². The smallest absolute Gasteiger partial charge is 0.411 e. The summed E-state index contributed by atoms with van der Waals surface area (Å²) in [6.07, 6.45) is -0.205. The van der Waals surface area contributed by atoms with Gasteiger partial charge >= 0.3 is 18.0 Å². The highest BCUT2D eigenvalue weighted by atomic mass is 16.6. The van der Waals surface area contributed by atoms with Crippen LogP contribution < -0.4 is 5.32 Å². The van der Waals surface area contributed by atoms with Crippen molar-refractivity contribution in [1.82, 2.24) is 5.32 Å². The molecule has 0 unspecified atom stereocenters. The van der Waals surface area contributed by atoms with E-state index in [1.54, 1.807) is 20.8 Å². The molecule has 0 heterocycles. The van der Waals surface area contributed by atoms with Crippen LogP contribution in [0.1, 0.15) is 47.0 Å². The number of esters is 1. The van der Waals surface area contributed by atoms with Crippen LogP contribution in [0.5, 0.6) is 0 Å². The zero-order valence-electron chi connectivity index (χ0n) is 13.7. The van der Waals surface area contributed by atoms with Crippen molar-refractivity contribution in [2.24, 2.45) is 5.11 Å². The Morgan fingerprint density at radius 2 is 1.87 bits per heavy atom. The summed E-state index contributed by atoms with van der Waals surface area (Å²) in [4.78, 5) is 37.5. The molecule has 0 fully saturated rings. The zero-order chi connectivity index (χ0) is 18.1. The second-order valence-electron chi connectivity index (χ2n) is 5.73. The maximum Gasteiger partial charge on any atom is 0.411 e. The molecule has 10 heteroatoms. The number of aliphatic carboxylic acids is 1. The van der Waals surface area contributed by atoms with E-state index in [1.165, 1.54) is 0 Å². The van der Waals surface area contributed by atoms with Crippen LogP contribution in [0, 0.1) is 0 Å². The molecule has 130 valence electrons. The van der Waals surface area contributed by atoms with Crippen LogP contribution in [0.25, 0.3) is 10.4 Å². The van der Waals surface area contributed by atoms with Gasteiger partial charge in [0.05, 0.1) is 0 Å². The number of ether oxygens (including phenoxy) is 2. The molecular formula is C13H22N4O6. The molecule has 0 bridgehead atoms. The quantitative estimate of drug-likeness (QED) is 0.229. The first-order valence-electron chi connectivity index (χ1n) is 7.03. The van der Waals surface area contributed by atoms with E-state index in [2.05, 4.69) is 15.3 Å². The monoisotopic (exact) mass is 330 g/mol. The summed E-state index contributed by atoms with van der Waals surface area (Å²) in [5.74, 6) is -2.62. The van der Waals surface area contributed by atoms with Crippen molar-refractivity contribution in [2.45, 2.75) is 58.3 Å². The largest absolute Gasteiger partial charge is 0.477 e. The van der Waals surface area contributed by atoms with Crippen molar-refractivity contribution in [1.29, 1.82) is 0 Å². The number of nitrogens with one attached hydrogen (secondary N) is 1. The number of carbonyl (C=O) groups is 3. The Balaban J connectivity index is 5.31. The molecule has 0 saturated heterocycles. The fourth-order valence-corrected chi connectivity index (χ4v) is 1.55. The predicted octanol–water partition coefficient (Wildman–Crippen LogP) is 2.34. The average Bonchev–Trinajstić information content (AvgIpc) is 2.40. The van der Waals surface area contributed by atoms with Gasteiger partial charge in [-0.1, -0.05) is 18.5 Å². The molecule has 1 atom stereocenters. The molecule has 2 N–H and O–H groups in total. The van der Waals surface area contributed by atoms with Crippen molar-refractivity contribution in [3.05, 3.63) is 10.4 Å². The second-order valence-corrected chi connectivity index (χ2v) is 5.73. The Morgan fingerprint density at radius 3 is 2.30 bits per heavy atom. The first kappa shape index (κ1) is 20.5. The van der Waals surface area contributed by atoms with Crippen LogP contribution in [0.2, 0.25) is 0 Å². The average molecular weight is 330 g/mol. The summed E-state index contributed by atoms with van der Waals surface area (Å²) >= 11 is 0. The highest BCUT2D eigenvalue weighted by Crippen LogP contribution is 2.19. The first-order chi connectivity index (χ1) is 10.6. The van der Waals surface area contributed by atoms with Crippen LogP contribution in [0.15, 0.2) is 5.11 Å². The second kappa shape index (κ2) is 8.84. The van der Waals surface area contributed by atoms with Crippen molar-refractivity contribution in [2.75, 3.05) is 6.54 Å². The van der Waals surface area contributed by atoms with E-state index in [-0.39, 0.29) is 6.42 Å². The minimum absolute atomic E-state index is 0.153. The lowest BCUT2D eigenvalue weighted by molar-refractivity contribution is -0.182. The van der Waals surface area contributed by atoms with Crippen molar-refractivity contribution in [3.8, 4) is 0 Å². The van der Waals surface area contributed by atoms with E-state index in [0.29, 0.717) is 12.8 Å². The van der Waals surface area contributed by atoms with Crippen molar-refractivity contribution < 1.29 is 29.0 Å². The molecule has 0 aromatic carbocycles. The summed E-state index contributed by atoms with van der Waals surface area (Å²) in [7, 11) is 0. The van der Waals surface area contributed by atoms with Crippen LogP contribution in [-0.4, -0.2) is 41.0 Å². The molecule has 1 amide bonds. The van der Waals surface area contributed by atoms with Gasteiger partial charge in [0.15, 0.2) is 0 Å². The van der Waals surface area contributed by atoms with E-state index in [0.717, 1.165) is 0 Å². The number of hydrogen-bond acceptors (Lipinski definition) is 6. The maximum absolute atomic E-state index is 11.9. The van der Waals surface area contributed by atoms with Crippen LogP contribution in [0.3, 0.4) is 0 Å². The molecule has 0 saturated carbocycles. The van der Waals surface area contributed by atoms with Gasteiger partial charge in [-0.2, -0.15) is 0 Å². The molecule has 0 aliphatic heterocycles. The van der Waals surface area contributed by atoms with Crippen molar-refractivity contribution in [3.63, 3.8) is 0 Å². The van der Waals surface area contributed by atoms with E-state index >= 15 is 0 Å². The summed E-state index contributed by atoms with van der Waals surface area (Å²) in [5.41, 5.74) is 5.05. The summed E-state index contributed by atoms with van der Waals surface area (Å²) < 4.78 is 9.87. The Bertz CT molecular complexity index is 495. The highest BCUT2D eigenvalue weighted by molar-refractivity contribution is 5.86. The van der Waals surface area contributed by atoms with Gasteiger partial charge in [0, 0.05) is 11.3 Å². The third kappa shape index (κ3) is 7.91. The lowest BCUT2D eigenvalue weighted by Crippen LogP contribution is -2.58. The number of azide groups is 1. The van der Waals surface area contributed by atoms with Gasteiger partial charge in [0.2, 0.25) is 0 Å². The number of unbranched alkanes of at least 4 members (excludes halogenated alkanes) is 1. The van der Waals surface area contributed by atoms with Gasteiger partial charge in [-0.15, -0.1) is 0 Å². The Hall–Kier alpha value is -2.48. The number of nitrogens with zero attached hydrogens (tertiary/aromatic N) is 3. The molecule has 0 spiro atoms. The lowest BCUT2D eigenvalue weighted by Gasteiger charge is -2.31. The summed E-state index contributed by atoms with van der Waals surface area (Å²) in [6.45, 7) is 5.94. The topological polar surface area (TPSA) is 151 Å². The summed E-state index contributed by atoms with van der Waals surface area (Å²) in [5, 5.41) is 14.5. The number of amides is 1. The molecule has 0 aromatic rings. The Labute approximate surface area is 133 Å². The third-order valence-electron chi connectivity index (χ3n) is 2.48. The van der Waals surface area contributed by atoms with Gasteiger partial charge in [0.1, 0.15) is 12.1 Å². The Morgan fingerprint density at radius 1 is 1.26 bits per heavy atom. The predicted molar refractivity (Wildman–Crippen MR) is 79.4 cm³/mol. The molecule has 0 aliphatic carbocycles. The minimum atomic E-state index is -2.28. The molecule has 0 aromatic heterocycles. The number of hydrogen-bond donors (Lipinski definition) is 2. The normalized spacial score (nSPS) is 13.2. The fourth-order valence-electron chi connectivity index (χ4n) is 1.55. The number of rotatable bonds is 8. The van der Waals surface area contributed by atoms with Crippen LogP contribution in [-0.2, 0) is 19.1 Å². The maximum atomic E-state index is 11.9. The molecule has 23 heavy (non-hydrogen) atoms. The molecule has 0 aliphatic rings. The van der Waals surface area contributed by atoms with Crippen LogP contribution in [0.4, 0.5) is 4.79 Å².